The molecule has 3 aromatic rings. The minimum absolute atomic E-state index is 0.259. The maximum absolute atomic E-state index is 12.3. The third-order valence-electron chi connectivity index (χ3n) is 3.69. The lowest BCUT2D eigenvalue weighted by atomic mass is 10.3. The quantitative estimate of drug-likeness (QED) is 0.607. The number of carbonyl (C=O) groups is 2. The largest absolute Gasteiger partial charge is 0.324 e. The van der Waals surface area contributed by atoms with Crippen LogP contribution in [-0.2, 0) is 0 Å². The molecule has 0 radical (unpaired) electrons. The van der Waals surface area contributed by atoms with Crippen molar-refractivity contribution < 1.29 is 9.59 Å². The summed E-state index contributed by atoms with van der Waals surface area (Å²) in [6.45, 7) is 0. The van der Waals surface area contributed by atoms with Crippen molar-refractivity contribution in [3.63, 3.8) is 0 Å². The van der Waals surface area contributed by atoms with Crippen molar-refractivity contribution in [2.75, 3.05) is 16.0 Å². The van der Waals surface area contributed by atoms with Gasteiger partial charge >= 0.3 is 6.03 Å². The summed E-state index contributed by atoms with van der Waals surface area (Å²) in [5.41, 5.74) is 0.697. The smallest absolute Gasteiger partial charge is 0.308 e. The van der Waals surface area contributed by atoms with Crippen LogP contribution in [0.25, 0.3) is 0 Å². The predicted octanol–water partition coefficient (Wildman–Crippen LogP) is 4.37. The topological polar surface area (TPSA) is 96.0 Å². The van der Waals surface area contributed by atoms with Crippen LogP contribution in [0, 0.1) is 0 Å². The Morgan fingerprint density at radius 1 is 0.923 bits per heavy atom. The van der Waals surface area contributed by atoms with Gasteiger partial charge in [0.2, 0.25) is 5.13 Å². The van der Waals surface area contributed by atoms with Crippen LogP contribution < -0.4 is 16.0 Å². The number of hydrogen-bond donors (Lipinski definition) is 3. The number of hydrogen-bond acceptors (Lipinski definition) is 6. The van der Waals surface area contributed by atoms with E-state index in [-0.39, 0.29) is 11.9 Å². The van der Waals surface area contributed by atoms with Gasteiger partial charge in [-0.2, -0.15) is 0 Å². The van der Waals surface area contributed by atoms with Crippen molar-refractivity contribution in [2.45, 2.75) is 18.8 Å². The number of benzene rings is 1. The van der Waals surface area contributed by atoms with E-state index < -0.39 is 0 Å². The number of aromatic nitrogens is 2. The first-order chi connectivity index (χ1) is 12.7. The molecule has 2 heterocycles. The number of anilines is 3. The zero-order valence-corrected chi connectivity index (χ0v) is 15.2. The molecule has 1 aliphatic rings. The summed E-state index contributed by atoms with van der Waals surface area (Å²) in [6, 6.07) is 12.1. The summed E-state index contributed by atoms with van der Waals surface area (Å²) in [5, 5.41) is 18.4. The molecular weight excluding hydrogens is 370 g/mol. The van der Waals surface area contributed by atoms with Gasteiger partial charge in [0.15, 0.2) is 0 Å². The molecule has 0 aliphatic heterocycles. The van der Waals surface area contributed by atoms with E-state index in [0.717, 1.165) is 17.8 Å². The molecule has 0 bridgehead atoms. The Bertz CT molecular complexity index is 934. The highest BCUT2D eigenvalue weighted by Gasteiger charge is 2.27. The van der Waals surface area contributed by atoms with Gasteiger partial charge in [0.25, 0.3) is 5.91 Å². The summed E-state index contributed by atoms with van der Waals surface area (Å²) in [7, 11) is 0. The normalized spacial score (nSPS) is 13.2. The van der Waals surface area contributed by atoms with Gasteiger partial charge in [-0.1, -0.05) is 29.5 Å². The minimum atomic E-state index is -0.358. The average molecular weight is 385 g/mol. The Balaban J connectivity index is 1.34. The minimum Gasteiger partial charge on any atom is -0.308 e. The van der Waals surface area contributed by atoms with Crippen LogP contribution in [0.4, 0.5) is 20.6 Å². The van der Waals surface area contributed by atoms with E-state index in [2.05, 4.69) is 26.1 Å². The number of amides is 3. The molecule has 1 fully saturated rings. The predicted molar refractivity (Wildman–Crippen MR) is 103 cm³/mol. The molecule has 3 N–H and O–H groups in total. The van der Waals surface area contributed by atoms with E-state index >= 15 is 0 Å². The van der Waals surface area contributed by atoms with Crippen molar-refractivity contribution in [1.29, 1.82) is 0 Å². The fourth-order valence-corrected chi connectivity index (χ4v) is 3.97. The van der Waals surface area contributed by atoms with Gasteiger partial charge in [0, 0.05) is 11.6 Å². The molecule has 26 heavy (non-hydrogen) atoms. The van der Waals surface area contributed by atoms with Gasteiger partial charge in [0.05, 0.1) is 9.88 Å². The molecule has 4 rings (SSSR count). The Hall–Kier alpha value is -2.78. The van der Waals surface area contributed by atoms with E-state index in [1.807, 2.05) is 18.2 Å². The number of carbonyl (C=O) groups excluding carboxylic acids is 2. The highest BCUT2D eigenvalue weighted by molar-refractivity contribution is 7.18. The fraction of sp³-hybridized carbons (Fsp3) is 0.176. The van der Waals surface area contributed by atoms with Gasteiger partial charge in [-0.3, -0.25) is 15.4 Å². The molecule has 0 spiro atoms. The van der Waals surface area contributed by atoms with Crippen LogP contribution in [0.15, 0.2) is 42.5 Å². The number of urea groups is 1. The Morgan fingerprint density at radius 2 is 1.73 bits per heavy atom. The molecule has 1 saturated carbocycles. The molecule has 1 aliphatic carbocycles. The second-order valence-corrected chi connectivity index (χ2v) is 7.88. The van der Waals surface area contributed by atoms with Gasteiger partial charge in [-0.15, -0.1) is 21.5 Å². The summed E-state index contributed by atoms with van der Waals surface area (Å²) < 4.78 is 0. The van der Waals surface area contributed by atoms with Gasteiger partial charge in [0.1, 0.15) is 5.01 Å². The van der Waals surface area contributed by atoms with Crippen LogP contribution in [0.1, 0.15) is 33.4 Å². The van der Waals surface area contributed by atoms with Crippen LogP contribution in [0.3, 0.4) is 0 Å². The monoisotopic (exact) mass is 385 g/mol. The number of nitrogens with zero attached hydrogens (tertiary/aromatic N) is 2. The second-order valence-electron chi connectivity index (χ2n) is 5.78. The third-order valence-corrected chi connectivity index (χ3v) is 5.69. The summed E-state index contributed by atoms with van der Waals surface area (Å²) in [5.74, 6) is 0.254. The van der Waals surface area contributed by atoms with E-state index in [1.54, 1.807) is 24.3 Å². The van der Waals surface area contributed by atoms with E-state index in [1.165, 1.54) is 22.7 Å². The Morgan fingerprint density at radius 3 is 2.50 bits per heavy atom. The van der Waals surface area contributed by atoms with Crippen LogP contribution in [0.2, 0.25) is 0 Å². The maximum atomic E-state index is 12.3. The lowest BCUT2D eigenvalue weighted by Crippen LogP contribution is -2.18. The summed E-state index contributed by atoms with van der Waals surface area (Å²) in [4.78, 5) is 24.8. The van der Waals surface area contributed by atoms with Crippen molar-refractivity contribution in [3.05, 3.63) is 52.3 Å². The first-order valence-electron chi connectivity index (χ1n) is 8.05. The van der Waals surface area contributed by atoms with Crippen molar-refractivity contribution in [3.8, 4) is 0 Å². The highest BCUT2D eigenvalue weighted by atomic mass is 32.1. The highest BCUT2D eigenvalue weighted by Crippen LogP contribution is 2.42. The molecule has 9 heteroatoms. The van der Waals surface area contributed by atoms with Crippen LogP contribution in [0.5, 0.6) is 0 Å². The molecule has 0 atom stereocenters. The van der Waals surface area contributed by atoms with Gasteiger partial charge in [-0.05, 0) is 37.1 Å². The van der Waals surface area contributed by atoms with Gasteiger partial charge in [-0.25, -0.2) is 4.79 Å². The van der Waals surface area contributed by atoms with Crippen molar-refractivity contribution in [2.24, 2.45) is 0 Å². The van der Waals surface area contributed by atoms with E-state index in [0.29, 0.717) is 26.6 Å². The molecule has 0 saturated heterocycles. The maximum Gasteiger partial charge on any atom is 0.324 e. The first kappa shape index (κ1) is 16.7. The van der Waals surface area contributed by atoms with Crippen LogP contribution >= 0.6 is 22.7 Å². The lowest BCUT2D eigenvalue weighted by Gasteiger charge is -2.05. The number of thiophene rings is 1. The van der Waals surface area contributed by atoms with Crippen molar-refractivity contribution in [1.82, 2.24) is 10.2 Å². The SMILES string of the molecule is O=C(Nc1ccccc1)Nc1ccc(C(=O)Nc2nnc(C3CC3)s2)s1. The zero-order chi connectivity index (χ0) is 17.9. The number of para-hydroxylation sites is 1. The summed E-state index contributed by atoms with van der Waals surface area (Å²) in [6.07, 6.45) is 2.29. The molecule has 3 amide bonds. The molecule has 7 nitrogen and oxygen atoms in total. The average Bonchev–Trinajstić information content (AvgIpc) is 3.20. The van der Waals surface area contributed by atoms with Crippen LogP contribution in [-0.4, -0.2) is 22.1 Å². The van der Waals surface area contributed by atoms with E-state index in [4.69, 9.17) is 0 Å². The van der Waals surface area contributed by atoms with E-state index in [9.17, 15) is 9.59 Å². The molecule has 2 aromatic heterocycles. The Labute approximate surface area is 157 Å². The molecular formula is C17H15N5O2S2. The summed E-state index contributed by atoms with van der Waals surface area (Å²) >= 11 is 2.61. The molecule has 1 aromatic carbocycles. The lowest BCUT2D eigenvalue weighted by molar-refractivity contribution is 0.103. The Kier molecular flexibility index (Phi) is 4.63. The number of nitrogens with one attached hydrogen (secondary N) is 3. The second kappa shape index (κ2) is 7.22. The standard InChI is InChI=1S/C17H15N5O2S2/c23-14(20-17-22-21-15(26-17)10-6-7-10)12-8-9-13(25-12)19-16(24)18-11-4-2-1-3-5-11/h1-5,8-10H,6-7H2,(H2,18,19,24)(H,20,22,23). The van der Waals surface area contributed by atoms with Crippen molar-refractivity contribution >= 4 is 50.4 Å². The number of rotatable bonds is 5. The third kappa shape index (κ3) is 4.06. The molecule has 0 unspecified atom stereocenters. The molecule has 132 valence electrons. The zero-order valence-electron chi connectivity index (χ0n) is 13.6. The first-order valence-corrected chi connectivity index (χ1v) is 9.68. The fourth-order valence-electron chi connectivity index (χ4n) is 2.26. The van der Waals surface area contributed by atoms with Gasteiger partial charge < -0.3 is 5.32 Å².